The van der Waals surface area contributed by atoms with Gasteiger partial charge in [0.15, 0.2) is 0 Å². The molecule has 5 aromatic rings. The minimum absolute atomic E-state index is 0.737. The zero-order chi connectivity index (χ0) is 35.9. The summed E-state index contributed by atoms with van der Waals surface area (Å²) in [6.07, 6.45) is 22.0. The smallest absolute Gasteiger partial charge is 0.147 e. The van der Waals surface area contributed by atoms with Crippen LogP contribution in [0.15, 0.2) is 133 Å². The molecule has 1 aliphatic carbocycles. The Morgan fingerprint density at radius 3 is 1.54 bits per heavy atom. The molecule has 0 bridgehead atoms. The number of pyridine rings is 2. The second kappa shape index (κ2) is 16.5. The summed E-state index contributed by atoms with van der Waals surface area (Å²) in [5, 5.41) is 0. The molecule has 3 heterocycles. The number of aromatic nitrogens is 2. The van der Waals surface area contributed by atoms with Crippen LogP contribution in [0.25, 0.3) is 22.5 Å². The van der Waals surface area contributed by atoms with Gasteiger partial charge in [0, 0.05) is 23.5 Å². The first kappa shape index (κ1) is 35.4. The van der Waals surface area contributed by atoms with Crippen molar-refractivity contribution < 1.29 is 4.58 Å². The molecule has 1 saturated carbocycles. The van der Waals surface area contributed by atoms with Gasteiger partial charge in [-0.3, -0.25) is 14.5 Å². The Bertz CT molecular complexity index is 1930. The van der Waals surface area contributed by atoms with E-state index in [-0.39, 0.29) is 0 Å². The van der Waals surface area contributed by atoms with Gasteiger partial charge in [0.1, 0.15) is 12.2 Å². The predicted octanol–water partition coefficient (Wildman–Crippen LogP) is 11.9. The average molecular weight is 684 g/mol. The van der Waals surface area contributed by atoms with Crippen LogP contribution >= 0.6 is 0 Å². The van der Waals surface area contributed by atoms with E-state index in [0.29, 0.717) is 0 Å². The molecule has 3 heteroatoms. The van der Waals surface area contributed by atoms with Crippen molar-refractivity contribution in [3.05, 3.63) is 173 Å². The van der Waals surface area contributed by atoms with Crippen LogP contribution in [-0.2, 0) is 12.8 Å². The molecule has 7 rings (SSSR count). The van der Waals surface area contributed by atoms with E-state index in [1.807, 2.05) is 0 Å². The SMILES string of the molecule is C=[N+]1C=C(CCC2C[C@@H](CCc3ccc(-c4ccccc4C)nc3)C[C@@H](CCc3ccc(-c4ccccc4C)nc3)C2)C=C[C-]1c1ccccc1C. The lowest BCUT2D eigenvalue weighted by Gasteiger charge is -2.36. The van der Waals surface area contributed by atoms with Crippen LogP contribution in [0.1, 0.15) is 78.3 Å². The number of allylic oxidation sites excluding steroid dienone is 2. The number of aryl methyl sites for hydroxylation is 5. The average Bonchev–Trinajstić information content (AvgIpc) is 3.17. The van der Waals surface area contributed by atoms with E-state index >= 15 is 0 Å². The molecule has 3 atom stereocenters. The summed E-state index contributed by atoms with van der Waals surface area (Å²) in [5.74, 6) is 2.21. The van der Waals surface area contributed by atoms with Crippen molar-refractivity contribution >= 4 is 6.72 Å². The van der Waals surface area contributed by atoms with Gasteiger partial charge >= 0.3 is 0 Å². The fourth-order valence-electron chi connectivity index (χ4n) is 8.55. The third kappa shape index (κ3) is 8.70. The largest absolute Gasteiger partial charge is 0.256 e. The second-order valence-corrected chi connectivity index (χ2v) is 15.4. The lowest BCUT2D eigenvalue weighted by Crippen LogP contribution is -2.24. The van der Waals surface area contributed by atoms with Gasteiger partial charge in [0.25, 0.3) is 0 Å². The monoisotopic (exact) mass is 683 g/mol. The highest BCUT2D eigenvalue weighted by atomic mass is 15.0. The first-order valence-corrected chi connectivity index (χ1v) is 19.3. The highest BCUT2D eigenvalue weighted by Crippen LogP contribution is 2.41. The van der Waals surface area contributed by atoms with Crippen molar-refractivity contribution in [2.24, 2.45) is 17.8 Å². The molecule has 0 saturated heterocycles. The molecular formula is C49H53N3. The summed E-state index contributed by atoms with van der Waals surface area (Å²) < 4.78 is 2.07. The molecule has 2 aromatic heterocycles. The molecule has 1 unspecified atom stereocenters. The summed E-state index contributed by atoms with van der Waals surface area (Å²) in [5.41, 5.74) is 13.7. The molecular weight excluding hydrogens is 631 g/mol. The van der Waals surface area contributed by atoms with Gasteiger partial charge in [-0.25, -0.2) is 0 Å². The zero-order valence-corrected chi connectivity index (χ0v) is 31.3. The molecule has 2 aliphatic rings. The van der Waals surface area contributed by atoms with Crippen LogP contribution < -0.4 is 0 Å². The first-order valence-electron chi connectivity index (χ1n) is 19.3. The Kier molecular flexibility index (Phi) is 11.3. The molecule has 3 nitrogen and oxygen atoms in total. The summed E-state index contributed by atoms with van der Waals surface area (Å²) >= 11 is 0. The highest BCUT2D eigenvalue weighted by Gasteiger charge is 2.29. The summed E-state index contributed by atoms with van der Waals surface area (Å²) in [6.45, 7) is 10.9. The van der Waals surface area contributed by atoms with Gasteiger partial charge in [-0.15, -0.1) is 6.07 Å². The Labute approximate surface area is 311 Å². The predicted molar refractivity (Wildman–Crippen MR) is 217 cm³/mol. The van der Waals surface area contributed by atoms with Crippen LogP contribution in [0.2, 0.25) is 0 Å². The molecule has 0 N–H and O–H groups in total. The summed E-state index contributed by atoms with van der Waals surface area (Å²) in [4.78, 5) is 9.77. The second-order valence-electron chi connectivity index (χ2n) is 15.4. The number of rotatable bonds is 12. The van der Waals surface area contributed by atoms with Crippen molar-refractivity contribution in [3.8, 4) is 22.5 Å². The van der Waals surface area contributed by atoms with Gasteiger partial charge in [0.05, 0.1) is 18.1 Å². The van der Waals surface area contributed by atoms with E-state index in [1.54, 1.807) is 0 Å². The van der Waals surface area contributed by atoms with Crippen LogP contribution in [0.3, 0.4) is 0 Å². The Hall–Kier alpha value is -5.02. The van der Waals surface area contributed by atoms with E-state index in [0.717, 1.165) is 48.4 Å². The summed E-state index contributed by atoms with van der Waals surface area (Å²) in [6, 6.07) is 35.8. The molecule has 52 heavy (non-hydrogen) atoms. The van der Waals surface area contributed by atoms with Crippen LogP contribution in [-0.4, -0.2) is 21.3 Å². The van der Waals surface area contributed by atoms with Crippen molar-refractivity contribution in [2.75, 3.05) is 0 Å². The molecule has 3 aromatic carbocycles. The lowest BCUT2D eigenvalue weighted by atomic mass is 9.70. The fraction of sp³-hybridized carbons (Fsp3) is 0.306. The molecule has 0 amide bonds. The maximum atomic E-state index is 4.88. The molecule has 1 aliphatic heterocycles. The number of hydrogen-bond acceptors (Lipinski definition) is 2. The third-order valence-corrected chi connectivity index (χ3v) is 11.5. The van der Waals surface area contributed by atoms with Gasteiger partial charge in [-0.2, -0.15) is 0 Å². The zero-order valence-electron chi connectivity index (χ0n) is 31.3. The number of benzene rings is 3. The van der Waals surface area contributed by atoms with E-state index in [1.165, 1.54) is 94.6 Å². The van der Waals surface area contributed by atoms with E-state index in [9.17, 15) is 0 Å². The Balaban J connectivity index is 0.994. The topological polar surface area (TPSA) is 28.8 Å². The van der Waals surface area contributed by atoms with Crippen LogP contribution in [0, 0.1) is 44.6 Å². The minimum Gasteiger partial charge on any atom is -0.256 e. The molecule has 0 spiro atoms. The van der Waals surface area contributed by atoms with E-state index < -0.39 is 0 Å². The summed E-state index contributed by atoms with van der Waals surface area (Å²) in [7, 11) is 0. The maximum absolute atomic E-state index is 4.88. The first-order chi connectivity index (χ1) is 25.4. The van der Waals surface area contributed by atoms with Gasteiger partial charge in [0.2, 0.25) is 0 Å². The standard InChI is InChI=1S/C49H53N3/c1-35-11-5-8-14-44(35)47-26-23-38(32-50-47)17-20-41-29-42(21-18-39-24-27-48(51-33-39)45-15-9-6-12-36(45)2)31-43(30-41)22-19-40-25-28-49(52(4)34-40)46-16-10-7-13-37(46)3/h5-16,23-28,32-34,41-43H,4,17-22,29-31H2,1-3H3/t41-,42+,43?. The fourth-order valence-corrected chi connectivity index (χ4v) is 8.55. The number of nitrogens with zero attached hydrogens (tertiary/aromatic N) is 3. The quantitative estimate of drug-likeness (QED) is 0.0967. The van der Waals surface area contributed by atoms with Crippen molar-refractivity contribution in [1.29, 1.82) is 0 Å². The Morgan fingerprint density at radius 1 is 0.596 bits per heavy atom. The van der Waals surface area contributed by atoms with Crippen molar-refractivity contribution in [3.63, 3.8) is 0 Å². The van der Waals surface area contributed by atoms with Gasteiger partial charge in [-0.05, 0) is 141 Å². The number of hydrogen-bond donors (Lipinski definition) is 0. The van der Waals surface area contributed by atoms with E-state index in [2.05, 4.69) is 160 Å². The minimum atomic E-state index is 0.737. The lowest BCUT2D eigenvalue weighted by molar-refractivity contribution is -0.419. The van der Waals surface area contributed by atoms with E-state index in [4.69, 9.17) is 9.97 Å². The van der Waals surface area contributed by atoms with Crippen molar-refractivity contribution in [1.82, 2.24) is 9.97 Å². The maximum Gasteiger partial charge on any atom is 0.147 e. The van der Waals surface area contributed by atoms with Gasteiger partial charge in [-0.1, -0.05) is 97.4 Å². The third-order valence-electron chi connectivity index (χ3n) is 11.5. The molecule has 264 valence electrons. The van der Waals surface area contributed by atoms with Crippen molar-refractivity contribution in [2.45, 2.75) is 78.6 Å². The molecule has 0 radical (unpaired) electrons. The normalized spacial score (nSPS) is 18.8. The van der Waals surface area contributed by atoms with Crippen LogP contribution in [0.4, 0.5) is 0 Å². The van der Waals surface area contributed by atoms with Crippen LogP contribution in [0.5, 0.6) is 0 Å². The van der Waals surface area contributed by atoms with Gasteiger partial charge < -0.3 is 0 Å². The molecule has 1 fully saturated rings. The highest BCUT2D eigenvalue weighted by molar-refractivity contribution is 5.64. The Morgan fingerprint density at radius 2 is 1.08 bits per heavy atom.